The Morgan fingerprint density at radius 1 is 1.18 bits per heavy atom. The van der Waals surface area contributed by atoms with Gasteiger partial charge < -0.3 is 14.6 Å². The van der Waals surface area contributed by atoms with Gasteiger partial charge in [0.25, 0.3) is 0 Å². The number of carboxylic acids is 1. The van der Waals surface area contributed by atoms with E-state index in [1.807, 2.05) is 0 Å². The summed E-state index contributed by atoms with van der Waals surface area (Å²) in [4.78, 5) is 26.5. The van der Waals surface area contributed by atoms with Gasteiger partial charge in [0.15, 0.2) is 11.4 Å². The van der Waals surface area contributed by atoms with Crippen molar-refractivity contribution < 1.29 is 24.2 Å². The second kappa shape index (κ2) is 9.76. The number of pyridine rings is 1. The van der Waals surface area contributed by atoms with Crippen molar-refractivity contribution in [3.05, 3.63) is 23.5 Å². The molecule has 6 nitrogen and oxygen atoms in total. The van der Waals surface area contributed by atoms with Crippen LogP contribution in [0, 0.1) is 0 Å². The van der Waals surface area contributed by atoms with Gasteiger partial charge in [0.05, 0.1) is 19.3 Å². The molecule has 1 rings (SSSR count). The molecule has 1 aromatic heterocycles. The summed E-state index contributed by atoms with van der Waals surface area (Å²) in [5.41, 5.74) is -0.0391. The molecule has 0 aliphatic carbocycles. The van der Waals surface area contributed by atoms with Crippen LogP contribution in [0.3, 0.4) is 0 Å². The lowest BCUT2D eigenvalue weighted by Gasteiger charge is -2.07. The fourth-order valence-electron chi connectivity index (χ4n) is 2.00. The topological polar surface area (TPSA) is 85.7 Å². The van der Waals surface area contributed by atoms with E-state index in [9.17, 15) is 9.59 Å². The first-order valence-corrected chi connectivity index (χ1v) is 7.54. The fourth-order valence-corrected chi connectivity index (χ4v) is 2.00. The second-order valence-corrected chi connectivity index (χ2v) is 4.98. The van der Waals surface area contributed by atoms with Crippen LogP contribution in [0.5, 0.6) is 5.75 Å². The summed E-state index contributed by atoms with van der Waals surface area (Å²) >= 11 is 0. The third kappa shape index (κ3) is 5.71. The van der Waals surface area contributed by atoms with Gasteiger partial charge in [-0.2, -0.15) is 0 Å². The monoisotopic (exact) mass is 309 g/mol. The molecule has 6 heteroatoms. The Kier molecular flexibility index (Phi) is 7.96. The van der Waals surface area contributed by atoms with Gasteiger partial charge in [0.1, 0.15) is 0 Å². The van der Waals surface area contributed by atoms with Crippen LogP contribution in [0.4, 0.5) is 0 Å². The number of ether oxygens (including phenoxy) is 2. The number of carbonyl (C=O) groups is 2. The molecule has 0 bridgehead atoms. The van der Waals surface area contributed by atoms with Crippen molar-refractivity contribution in [2.45, 2.75) is 45.4 Å². The van der Waals surface area contributed by atoms with Gasteiger partial charge in [-0.3, -0.25) is 0 Å². The van der Waals surface area contributed by atoms with Crippen LogP contribution in [0.25, 0.3) is 0 Å². The molecule has 122 valence electrons. The zero-order valence-electron chi connectivity index (χ0n) is 13.1. The molecule has 0 aromatic carbocycles. The smallest absolute Gasteiger partial charge is 0.358 e. The summed E-state index contributed by atoms with van der Waals surface area (Å²) in [5, 5.41) is 8.93. The molecule has 0 saturated carbocycles. The normalized spacial score (nSPS) is 10.3. The summed E-state index contributed by atoms with van der Waals surface area (Å²) in [7, 11) is 1.33. The molecule has 0 spiro atoms. The molecule has 0 amide bonds. The number of aromatic carboxylic acids is 1. The predicted octanol–water partition coefficient (Wildman–Crippen LogP) is 3.31. The number of esters is 1. The van der Waals surface area contributed by atoms with E-state index in [-0.39, 0.29) is 17.0 Å². The quantitative estimate of drug-likeness (QED) is 0.527. The molecule has 0 saturated heterocycles. The highest BCUT2D eigenvalue weighted by Gasteiger charge is 2.16. The molecule has 0 radical (unpaired) electrons. The molecule has 0 atom stereocenters. The summed E-state index contributed by atoms with van der Waals surface area (Å²) in [5.74, 6) is -1.68. The first-order valence-electron chi connectivity index (χ1n) is 7.54. The van der Waals surface area contributed by atoms with Gasteiger partial charge in [-0.1, -0.05) is 39.0 Å². The molecule has 0 aliphatic heterocycles. The minimum absolute atomic E-state index is 0.0431. The van der Waals surface area contributed by atoms with Crippen LogP contribution in [0.15, 0.2) is 12.3 Å². The molecule has 1 heterocycles. The number of rotatable bonds is 10. The zero-order chi connectivity index (χ0) is 16.4. The molecule has 1 N–H and O–H groups in total. The maximum absolute atomic E-state index is 11.9. The van der Waals surface area contributed by atoms with Crippen LogP contribution in [0.2, 0.25) is 0 Å². The van der Waals surface area contributed by atoms with Crippen LogP contribution in [-0.2, 0) is 4.74 Å². The van der Waals surface area contributed by atoms with Gasteiger partial charge in [0, 0.05) is 6.20 Å². The maximum atomic E-state index is 11.9. The molecule has 0 aliphatic rings. The summed E-state index contributed by atoms with van der Waals surface area (Å²) in [6, 6.07) is 1.33. The van der Waals surface area contributed by atoms with E-state index in [4.69, 9.17) is 14.6 Å². The van der Waals surface area contributed by atoms with Crippen molar-refractivity contribution >= 4 is 11.9 Å². The summed E-state index contributed by atoms with van der Waals surface area (Å²) < 4.78 is 10.1. The van der Waals surface area contributed by atoms with Crippen molar-refractivity contribution in [1.82, 2.24) is 4.98 Å². The number of nitrogens with zero attached hydrogens (tertiary/aromatic N) is 1. The van der Waals surface area contributed by atoms with Gasteiger partial charge in [-0.15, -0.1) is 0 Å². The van der Waals surface area contributed by atoms with Gasteiger partial charge in [-0.05, 0) is 12.5 Å². The maximum Gasteiger partial charge on any atom is 0.358 e. The van der Waals surface area contributed by atoms with Crippen molar-refractivity contribution in [3.63, 3.8) is 0 Å². The van der Waals surface area contributed by atoms with Crippen molar-refractivity contribution in [2.24, 2.45) is 0 Å². The van der Waals surface area contributed by atoms with Crippen molar-refractivity contribution in [2.75, 3.05) is 13.7 Å². The number of methoxy groups -OCH3 is 1. The number of hydrogen-bond donors (Lipinski definition) is 1. The molecule has 0 fully saturated rings. The molecule has 0 unspecified atom stereocenters. The standard InChI is InChI=1S/C16H23NO5/c1-3-4-5-6-7-8-9-22-16(20)12-10-13(21-2)14(15(18)19)17-11-12/h10-11H,3-9H2,1-2H3,(H,18,19). The molecule has 22 heavy (non-hydrogen) atoms. The van der Waals surface area contributed by atoms with Crippen LogP contribution in [-0.4, -0.2) is 35.7 Å². The Balaban J connectivity index is 2.44. The van der Waals surface area contributed by atoms with Gasteiger partial charge in [-0.25, -0.2) is 14.6 Å². The first-order chi connectivity index (χ1) is 10.6. The second-order valence-electron chi connectivity index (χ2n) is 4.98. The fraction of sp³-hybridized carbons (Fsp3) is 0.562. The first kappa shape index (κ1) is 17.9. The Hall–Kier alpha value is -2.11. The van der Waals surface area contributed by atoms with E-state index in [1.165, 1.54) is 38.6 Å². The third-order valence-corrected chi connectivity index (χ3v) is 3.24. The number of carbonyl (C=O) groups excluding carboxylic acids is 1. The van der Waals surface area contributed by atoms with Crippen molar-refractivity contribution in [1.29, 1.82) is 0 Å². The van der Waals surface area contributed by atoms with E-state index in [2.05, 4.69) is 11.9 Å². The SMILES string of the molecule is CCCCCCCCOC(=O)c1cnc(C(=O)O)c(OC)c1. The average molecular weight is 309 g/mol. The number of hydrogen-bond acceptors (Lipinski definition) is 5. The number of carboxylic acid groups (broad SMARTS) is 1. The minimum atomic E-state index is -1.20. The van der Waals surface area contributed by atoms with Gasteiger partial charge >= 0.3 is 11.9 Å². The highest BCUT2D eigenvalue weighted by Crippen LogP contribution is 2.18. The van der Waals surface area contributed by atoms with Crippen LogP contribution < -0.4 is 4.74 Å². The largest absolute Gasteiger partial charge is 0.494 e. The average Bonchev–Trinajstić information content (AvgIpc) is 2.53. The third-order valence-electron chi connectivity index (χ3n) is 3.24. The lowest BCUT2D eigenvalue weighted by Crippen LogP contribution is -2.10. The molecule has 1 aromatic rings. The number of unbranched alkanes of at least 4 members (excludes halogenated alkanes) is 5. The van der Waals surface area contributed by atoms with Crippen LogP contribution in [0.1, 0.15) is 66.3 Å². The summed E-state index contributed by atoms with van der Waals surface area (Å²) in [6.45, 7) is 2.52. The lowest BCUT2D eigenvalue weighted by atomic mass is 10.1. The zero-order valence-corrected chi connectivity index (χ0v) is 13.1. The van der Waals surface area contributed by atoms with Crippen LogP contribution >= 0.6 is 0 Å². The highest BCUT2D eigenvalue weighted by molar-refractivity contribution is 5.93. The Bertz CT molecular complexity index is 501. The van der Waals surface area contributed by atoms with E-state index < -0.39 is 11.9 Å². The van der Waals surface area contributed by atoms with Crippen molar-refractivity contribution in [3.8, 4) is 5.75 Å². The van der Waals surface area contributed by atoms with E-state index in [0.29, 0.717) is 6.61 Å². The Labute approximate surface area is 130 Å². The predicted molar refractivity (Wildman–Crippen MR) is 81.4 cm³/mol. The summed E-state index contributed by atoms with van der Waals surface area (Å²) in [6.07, 6.45) is 7.85. The highest BCUT2D eigenvalue weighted by atomic mass is 16.5. The van der Waals surface area contributed by atoms with E-state index >= 15 is 0 Å². The molecular weight excluding hydrogens is 286 g/mol. The number of aromatic nitrogens is 1. The Morgan fingerprint density at radius 2 is 1.86 bits per heavy atom. The minimum Gasteiger partial charge on any atom is -0.494 e. The van der Waals surface area contributed by atoms with Gasteiger partial charge in [0.2, 0.25) is 0 Å². The van der Waals surface area contributed by atoms with E-state index in [0.717, 1.165) is 19.3 Å². The lowest BCUT2D eigenvalue weighted by molar-refractivity contribution is 0.0495. The van der Waals surface area contributed by atoms with E-state index in [1.54, 1.807) is 0 Å². The Morgan fingerprint density at radius 3 is 2.50 bits per heavy atom. The molecular formula is C16H23NO5.